The lowest BCUT2D eigenvalue weighted by atomic mass is 10.2. The summed E-state index contributed by atoms with van der Waals surface area (Å²) in [6.45, 7) is 3.40. The highest BCUT2D eigenvalue weighted by molar-refractivity contribution is 5.85. The highest BCUT2D eigenvalue weighted by Gasteiger charge is 2.13. The second kappa shape index (κ2) is 9.80. The number of benzene rings is 2. The lowest BCUT2D eigenvalue weighted by molar-refractivity contribution is -0.123. The van der Waals surface area contributed by atoms with Gasteiger partial charge in [0.05, 0.1) is 26.0 Å². The summed E-state index contributed by atoms with van der Waals surface area (Å²) < 4.78 is 24.0. The molecule has 1 aliphatic rings. The molecule has 0 aliphatic carbocycles. The van der Waals surface area contributed by atoms with Crippen LogP contribution in [0.25, 0.3) is 0 Å². The SMILES string of the molecule is O=C(CN1CCOCC1)N/N=C/c1ccccc1OCc1ccc(F)cc1. The van der Waals surface area contributed by atoms with Crippen molar-refractivity contribution in [3.05, 3.63) is 65.5 Å². The van der Waals surface area contributed by atoms with Gasteiger partial charge in [0.25, 0.3) is 5.91 Å². The van der Waals surface area contributed by atoms with Crippen LogP contribution in [-0.2, 0) is 16.1 Å². The third-order valence-corrected chi connectivity index (χ3v) is 4.09. The predicted molar refractivity (Wildman–Crippen MR) is 100 cm³/mol. The van der Waals surface area contributed by atoms with Crippen LogP contribution < -0.4 is 10.2 Å². The fourth-order valence-electron chi connectivity index (χ4n) is 2.63. The van der Waals surface area contributed by atoms with E-state index in [-0.39, 0.29) is 11.7 Å². The van der Waals surface area contributed by atoms with Crippen LogP contribution in [0.3, 0.4) is 0 Å². The summed E-state index contributed by atoms with van der Waals surface area (Å²) in [7, 11) is 0. The Kier molecular flexibility index (Phi) is 6.90. The Hall–Kier alpha value is -2.77. The number of carbonyl (C=O) groups excluding carboxylic acids is 1. The second-order valence-electron chi connectivity index (χ2n) is 6.13. The van der Waals surface area contributed by atoms with E-state index in [9.17, 15) is 9.18 Å². The van der Waals surface area contributed by atoms with Crippen LogP contribution in [0.2, 0.25) is 0 Å². The van der Waals surface area contributed by atoms with Gasteiger partial charge in [-0.15, -0.1) is 0 Å². The molecule has 0 saturated carbocycles. The minimum Gasteiger partial charge on any atom is -0.488 e. The molecule has 1 fully saturated rings. The molecule has 0 aromatic heterocycles. The molecule has 1 saturated heterocycles. The standard InChI is InChI=1S/C20H22FN3O3/c21-18-7-5-16(6-8-18)15-27-19-4-2-1-3-17(19)13-22-23-20(25)14-24-9-11-26-12-10-24/h1-8,13H,9-12,14-15H2,(H,23,25)/b22-13+. The van der Waals surface area contributed by atoms with E-state index in [1.165, 1.54) is 12.1 Å². The fraction of sp³-hybridized carbons (Fsp3) is 0.300. The lowest BCUT2D eigenvalue weighted by Gasteiger charge is -2.25. The number of morpholine rings is 1. The Morgan fingerprint density at radius 1 is 1.19 bits per heavy atom. The van der Waals surface area contributed by atoms with Gasteiger partial charge in [-0.3, -0.25) is 9.69 Å². The molecule has 27 heavy (non-hydrogen) atoms. The van der Waals surface area contributed by atoms with Crippen LogP contribution in [0, 0.1) is 5.82 Å². The quantitative estimate of drug-likeness (QED) is 0.599. The number of nitrogens with zero attached hydrogens (tertiary/aromatic N) is 2. The second-order valence-corrected chi connectivity index (χ2v) is 6.13. The zero-order valence-electron chi connectivity index (χ0n) is 14.9. The molecule has 6 nitrogen and oxygen atoms in total. The van der Waals surface area contributed by atoms with Crippen molar-refractivity contribution in [1.82, 2.24) is 10.3 Å². The molecular weight excluding hydrogens is 349 g/mol. The summed E-state index contributed by atoms with van der Waals surface area (Å²) >= 11 is 0. The average Bonchev–Trinajstić information content (AvgIpc) is 2.69. The molecule has 2 aromatic carbocycles. The molecule has 0 spiro atoms. The Labute approximate surface area is 157 Å². The van der Waals surface area contributed by atoms with Gasteiger partial charge in [-0.25, -0.2) is 9.82 Å². The molecule has 3 rings (SSSR count). The summed E-state index contributed by atoms with van der Waals surface area (Å²) in [4.78, 5) is 14.0. The van der Waals surface area contributed by atoms with E-state index in [2.05, 4.69) is 10.5 Å². The van der Waals surface area contributed by atoms with Crippen LogP contribution in [0.4, 0.5) is 4.39 Å². The van der Waals surface area contributed by atoms with Crippen LogP contribution >= 0.6 is 0 Å². The summed E-state index contributed by atoms with van der Waals surface area (Å²) in [6, 6.07) is 13.5. The summed E-state index contributed by atoms with van der Waals surface area (Å²) in [5, 5.41) is 4.02. The summed E-state index contributed by atoms with van der Waals surface area (Å²) in [5.74, 6) is 0.185. The van der Waals surface area contributed by atoms with E-state index < -0.39 is 0 Å². The number of amides is 1. The van der Waals surface area contributed by atoms with Crippen molar-refractivity contribution in [3.8, 4) is 5.75 Å². The monoisotopic (exact) mass is 371 g/mol. The van der Waals surface area contributed by atoms with Crippen LogP contribution in [0.15, 0.2) is 53.6 Å². The maximum Gasteiger partial charge on any atom is 0.254 e. The molecule has 1 aliphatic heterocycles. The molecule has 1 heterocycles. The van der Waals surface area contributed by atoms with E-state index in [1.54, 1.807) is 18.3 Å². The summed E-state index contributed by atoms with van der Waals surface area (Å²) in [5.41, 5.74) is 4.14. The average molecular weight is 371 g/mol. The van der Waals surface area contributed by atoms with Gasteiger partial charge >= 0.3 is 0 Å². The summed E-state index contributed by atoms with van der Waals surface area (Å²) in [6.07, 6.45) is 1.55. The smallest absolute Gasteiger partial charge is 0.254 e. The number of hydrogen-bond acceptors (Lipinski definition) is 5. The molecule has 0 atom stereocenters. The van der Waals surface area contributed by atoms with Gasteiger partial charge in [-0.2, -0.15) is 5.10 Å². The fourth-order valence-corrected chi connectivity index (χ4v) is 2.63. The maximum atomic E-state index is 13.0. The van der Waals surface area contributed by atoms with Crippen molar-refractivity contribution >= 4 is 12.1 Å². The number of nitrogens with one attached hydrogen (secondary N) is 1. The molecule has 0 unspecified atom stereocenters. The number of hydrazone groups is 1. The normalized spacial score (nSPS) is 15.0. The number of hydrogen-bond donors (Lipinski definition) is 1. The van der Waals surface area contributed by atoms with E-state index in [4.69, 9.17) is 9.47 Å². The number of rotatable bonds is 7. The van der Waals surface area contributed by atoms with Crippen molar-refractivity contribution in [3.63, 3.8) is 0 Å². The first-order chi connectivity index (χ1) is 13.2. The van der Waals surface area contributed by atoms with Crippen LogP contribution in [0.5, 0.6) is 5.75 Å². The topological polar surface area (TPSA) is 63.2 Å². The third kappa shape index (κ3) is 6.16. The molecule has 7 heteroatoms. The maximum absolute atomic E-state index is 13.0. The van der Waals surface area contributed by atoms with Crippen molar-refractivity contribution in [2.24, 2.45) is 5.10 Å². The largest absolute Gasteiger partial charge is 0.488 e. The van der Waals surface area contributed by atoms with Crippen LogP contribution in [0.1, 0.15) is 11.1 Å². The van der Waals surface area contributed by atoms with Gasteiger partial charge in [0, 0.05) is 18.7 Å². The van der Waals surface area contributed by atoms with Crippen molar-refractivity contribution in [2.45, 2.75) is 6.61 Å². The molecule has 0 bridgehead atoms. The van der Waals surface area contributed by atoms with E-state index >= 15 is 0 Å². The van der Waals surface area contributed by atoms with Gasteiger partial charge in [-0.1, -0.05) is 24.3 Å². The number of para-hydroxylation sites is 1. The molecule has 1 amide bonds. The van der Waals surface area contributed by atoms with E-state index in [0.717, 1.165) is 24.2 Å². The van der Waals surface area contributed by atoms with Gasteiger partial charge in [0.2, 0.25) is 0 Å². The minimum atomic E-state index is -0.279. The number of halogens is 1. The predicted octanol–water partition coefficient (Wildman–Crippen LogP) is 2.19. The van der Waals surface area contributed by atoms with Crippen LogP contribution in [-0.4, -0.2) is 49.9 Å². The molecular formula is C20H22FN3O3. The highest BCUT2D eigenvalue weighted by atomic mass is 19.1. The molecule has 0 radical (unpaired) electrons. The third-order valence-electron chi connectivity index (χ3n) is 4.09. The molecule has 2 aromatic rings. The lowest BCUT2D eigenvalue weighted by Crippen LogP contribution is -2.42. The Morgan fingerprint density at radius 3 is 2.70 bits per heavy atom. The Morgan fingerprint density at radius 2 is 1.93 bits per heavy atom. The van der Waals surface area contributed by atoms with Gasteiger partial charge in [0.1, 0.15) is 18.2 Å². The van der Waals surface area contributed by atoms with E-state index in [1.807, 2.05) is 29.2 Å². The first-order valence-corrected chi connectivity index (χ1v) is 8.79. The van der Waals surface area contributed by atoms with Gasteiger partial charge in [-0.05, 0) is 29.8 Å². The number of carbonyl (C=O) groups is 1. The highest BCUT2D eigenvalue weighted by Crippen LogP contribution is 2.17. The molecule has 142 valence electrons. The van der Waals surface area contributed by atoms with Gasteiger partial charge < -0.3 is 9.47 Å². The zero-order valence-corrected chi connectivity index (χ0v) is 14.9. The number of ether oxygens (including phenoxy) is 2. The minimum absolute atomic E-state index is 0.169. The van der Waals surface area contributed by atoms with Crippen molar-refractivity contribution in [1.29, 1.82) is 0 Å². The van der Waals surface area contributed by atoms with E-state index in [0.29, 0.717) is 32.1 Å². The van der Waals surface area contributed by atoms with Gasteiger partial charge in [0.15, 0.2) is 0 Å². The Balaban J connectivity index is 1.52. The van der Waals surface area contributed by atoms with Crippen molar-refractivity contribution < 1.29 is 18.7 Å². The molecule has 1 N–H and O–H groups in total. The first-order valence-electron chi connectivity index (χ1n) is 8.79. The first kappa shape index (κ1) is 19.0. The Bertz CT molecular complexity index is 774. The van der Waals surface area contributed by atoms with Crippen molar-refractivity contribution in [2.75, 3.05) is 32.8 Å². The zero-order chi connectivity index (χ0) is 18.9.